The van der Waals surface area contributed by atoms with E-state index in [-0.39, 0.29) is 12.2 Å². The summed E-state index contributed by atoms with van der Waals surface area (Å²) in [6.07, 6.45) is -1.38. The highest BCUT2D eigenvalue weighted by Crippen LogP contribution is 2.20. The molecule has 0 N–H and O–H groups in total. The first-order valence-electron chi connectivity index (χ1n) is 3.99. The molecule has 0 spiro atoms. The minimum absolute atomic E-state index is 0.324. The van der Waals surface area contributed by atoms with Crippen LogP contribution in [0.1, 0.15) is 0 Å². The molecule has 13 heavy (non-hydrogen) atoms. The molecule has 1 heterocycles. The predicted octanol–water partition coefficient (Wildman–Crippen LogP) is -0.412. The number of esters is 1. The van der Waals surface area contributed by atoms with Crippen LogP contribution in [0.25, 0.3) is 0 Å². The largest absolute Gasteiger partial charge is 0.455 e. The number of carbonyl (C=O) groups excluding carboxylic acids is 1. The molecule has 0 saturated carbocycles. The van der Waals surface area contributed by atoms with E-state index in [0.29, 0.717) is 6.61 Å². The average Bonchev–Trinajstić information content (AvgIpc) is 2.41. The fraction of sp³-hybridized carbons (Fsp3) is 0.875. The van der Waals surface area contributed by atoms with E-state index in [4.69, 9.17) is 18.9 Å². The van der Waals surface area contributed by atoms with Gasteiger partial charge in [0, 0.05) is 21.3 Å². The second-order valence-corrected chi connectivity index (χ2v) is 2.79. The number of hydrogen-bond donors (Lipinski definition) is 0. The molecule has 0 bridgehead atoms. The van der Waals surface area contributed by atoms with Crippen LogP contribution in [0.5, 0.6) is 0 Å². The molecule has 1 aliphatic rings. The van der Waals surface area contributed by atoms with Crippen molar-refractivity contribution in [2.24, 2.45) is 0 Å². The van der Waals surface area contributed by atoms with Crippen LogP contribution in [-0.2, 0) is 23.7 Å². The van der Waals surface area contributed by atoms with E-state index >= 15 is 0 Å². The topological polar surface area (TPSA) is 54.0 Å². The lowest BCUT2D eigenvalue weighted by Gasteiger charge is -2.17. The minimum atomic E-state index is -0.634. The third-order valence-corrected chi connectivity index (χ3v) is 2.02. The van der Waals surface area contributed by atoms with Crippen molar-refractivity contribution in [3.05, 3.63) is 0 Å². The second-order valence-electron chi connectivity index (χ2n) is 2.79. The SMILES string of the molecule is COC[C@H]1OC(=O)[C@H](OC)[C@@H]1OC. The number of rotatable bonds is 4. The molecule has 1 aliphatic heterocycles. The Kier molecular flexibility index (Phi) is 3.65. The quantitative estimate of drug-likeness (QED) is 0.564. The van der Waals surface area contributed by atoms with Crippen molar-refractivity contribution in [3.8, 4) is 0 Å². The van der Waals surface area contributed by atoms with Crippen LogP contribution in [0.4, 0.5) is 0 Å². The zero-order valence-corrected chi connectivity index (χ0v) is 7.98. The summed E-state index contributed by atoms with van der Waals surface area (Å²) in [7, 11) is 4.51. The van der Waals surface area contributed by atoms with Gasteiger partial charge in [0.1, 0.15) is 6.10 Å². The van der Waals surface area contributed by atoms with Gasteiger partial charge in [-0.25, -0.2) is 4.79 Å². The summed E-state index contributed by atoms with van der Waals surface area (Å²) in [6, 6.07) is 0. The molecule has 1 fully saturated rings. The third-order valence-electron chi connectivity index (χ3n) is 2.02. The molecule has 0 amide bonds. The highest BCUT2D eigenvalue weighted by molar-refractivity contribution is 5.78. The Morgan fingerprint density at radius 1 is 1.31 bits per heavy atom. The maximum atomic E-state index is 11.2. The van der Waals surface area contributed by atoms with Crippen molar-refractivity contribution in [2.45, 2.75) is 18.3 Å². The first-order valence-corrected chi connectivity index (χ1v) is 3.99. The van der Waals surface area contributed by atoms with Gasteiger partial charge in [0.15, 0.2) is 12.2 Å². The number of hydrogen-bond acceptors (Lipinski definition) is 5. The van der Waals surface area contributed by atoms with Crippen LogP contribution >= 0.6 is 0 Å². The van der Waals surface area contributed by atoms with E-state index in [2.05, 4.69) is 0 Å². The van der Waals surface area contributed by atoms with Crippen molar-refractivity contribution in [2.75, 3.05) is 27.9 Å². The average molecular weight is 190 g/mol. The Morgan fingerprint density at radius 3 is 2.46 bits per heavy atom. The van der Waals surface area contributed by atoms with Gasteiger partial charge < -0.3 is 18.9 Å². The van der Waals surface area contributed by atoms with Gasteiger partial charge in [-0.15, -0.1) is 0 Å². The fourth-order valence-corrected chi connectivity index (χ4v) is 1.41. The van der Waals surface area contributed by atoms with Gasteiger partial charge in [0.05, 0.1) is 6.61 Å². The van der Waals surface area contributed by atoms with Crippen LogP contribution in [0.3, 0.4) is 0 Å². The zero-order chi connectivity index (χ0) is 9.84. The predicted molar refractivity (Wildman–Crippen MR) is 43.4 cm³/mol. The molecule has 0 aliphatic carbocycles. The van der Waals surface area contributed by atoms with E-state index in [9.17, 15) is 4.79 Å². The van der Waals surface area contributed by atoms with E-state index < -0.39 is 12.1 Å². The van der Waals surface area contributed by atoms with Gasteiger partial charge in [-0.2, -0.15) is 0 Å². The van der Waals surface area contributed by atoms with E-state index in [1.807, 2.05) is 0 Å². The van der Waals surface area contributed by atoms with Crippen molar-refractivity contribution < 1.29 is 23.7 Å². The first kappa shape index (κ1) is 10.4. The van der Waals surface area contributed by atoms with Gasteiger partial charge >= 0.3 is 5.97 Å². The maximum Gasteiger partial charge on any atom is 0.338 e. The second kappa shape index (κ2) is 4.55. The van der Waals surface area contributed by atoms with Crippen LogP contribution in [0.2, 0.25) is 0 Å². The smallest absolute Gasteiger partial charge is 0.338 e. The Hall–Kier alpha value is -0.650. The Labute approximate surface area is 76.9 Å². The van der Waals surface area contributed by atoms with Gasteiger partial charge in [0.2, 0.25) is 0 Å². The Balaban J connectivity index is 2.63. The molecule has 5 heteroatoms. The molecule has 0 unspecified atom stereocenters. The molecular weight excluding hydrogens is 176 g/mol. The lowest BCUT2D eigenvalue weighted by Crippen LogP contribution is -2.36. The van der Waals surface area contributed by atoms with Crippen molar-refractivity contribution in [3.63, 3.8) is 0 Å². The standard InChI is InChI=1S/C8H14O5/c1-10-4-5-6(11-2)7(12-3)8(9)13-5/h5-7H,4H2,1-3H3/t5-,6-,7-/m1/s1. The van der Waals surface area contributed by atoms with Gasteiger partial charge in [-0.3, -0.25) is 0 Å². The number of carbonyl (C=O) groups is 1. The highest BCUT2D eigenvalue weighted by atomic mass is 16.6. The first-order chi connectivity index (χ1) is 6.24. The summed E-state index contributed by atoms with van der Waals surface area (Å²) in [6.45, 7) is 0.324. The number of ether oxygens (including phenoxy) is 4. The molecular formula is C8H14O5. The van der Waals surface area contributed by atoms with Crippen molar-refractivity contribution >= 4 is 5.97 Å². The summed E-state index contributed by atoms with van der Waals surface area (Å²) in [4.78, 5) is 11.2. The molecule has 3 atom stereocenters. The van der Waals surface area contributed by atoms with E-state index in [0.717, 1.165) is 0 Å². The molecule has 76 valence electrons. The summed E-state index contributed by atoms with van der Waals surface area (Å²) in [5.41, 5.74) is 0. The van der Waals surface area contributed by atoms with Crippen LogP contribution in [0.15, 0.2) is 0 Å². The van der Waals surface area contributed by atoms with Crippen molar-refractivity contribution in [1.29, 1.82) is 0 Å². The maximum absolute atomic E-state index is 11.2. The third kappa shape index (κ3) is 1.99. The summed E-state index contributed by atoms with van der Waals surface area (Å²) < 4.78 is 19.9. The van der Waals surface area contributed by atoms with Gasteiger partial charge in [-0.1, -0.05) is 0 Å². The minimum Gasteiger partial charge on any atom is -0.455 e. The fourth-order valence-electron chi connectivity index (χ4n) is 1.41. The normalized spacial score (nSPS) is 33.5. The Bertz CT molecular complexity index is 181. The monoisotopic (exact) mass is 190 g/mol. The molecule has 1 saturated heterocycles. The number of cyclic esters (lactones) is 1. The van der Waals surface area contributed by atoms with Crippen LogP contribution in [0, 0.1) is 0 Å². The zero-order valence-electron chi connectivity index (χ0n) is 7.98. The highest BCUT2D eigenvalue weighted by Gasteiger charge is 2.45. The van der Waals surface area contributed by atoms with E-state index in [1.165, 1.54) is 14.2 Å². The molecule has 0 aromatic carbocycles. The van der Waals surface area contributed by atoms with Crippen LogP contribution in [-0.4, -0.2) is 52.2 Å². The molecule has 5 nitrogen and oxygen atoms in total. The molecule has 1 rings (SSSR count). The Morgan fingerprint density at radius 2 is 2.00 bits per heavy atom. The summed E-state index contributed by atoms with van der Waals surface area (Å²) in [5, 5.41) is 0. The molecule has 0 aromatic rings. The lowest BCUT2D eigenvalue weighted by molar-refractivity contribution is -0.149. The molecule has 0 radical (unpaired) electrons. The van der Waals surface area contributed by atoms with Crippen molar-refractivity contribution in [1.82, 2.24) is 0 Å². The summed E-state index contributed by atoms with van der Waals surface area (Å²) >= 11 is 0. The number of methoxy groups -OCH3 is 3. The summed E-state index contributed by atoms with van der Waals surface area (Å²) in [5.74, 6) is -0.392. The van der Waals surface area contributed by atoms with E-state index in [1.54, 1.807) is 7.11 Å². The van der Waals surface area contributed by atoms with Crippen LogP contribution < -0.4 is 0 Å². The van der Waals surface area contributed by atoms with Gasteiger partial charge in [0.25, 0.3) is 0 Å². The van der Waals surface area contributed by atoms with Gasteiger partial charge in [-0.05, 0) is 0 Å². The molecule has 0 aromatic heterocycles. The lowest BCUT2D eigenvalue weighted by atomic mass is 10.1.